The number of thioether (sulfide) groups is 1. The average Bonchev–Trinajstić information content (AvgIpc) is 3.43. The number of hydrogen-bond donors (Lipinski definition) is 3. The van der Waals surface area contributed by atoms with Crippen molar-refractivity contribution in [3.8, 4) is 0 Å². The number of carbonyl (C=O) groups excluding carboxylic acids is 3. The third-order valence-electron chi connectivity index (χ3n) is 7.81. The van der Waals surface area contributed by atoms with Crippen LogP contribution in [0.4, 0.5) is 0 Å². The Labute approximate surface area is 206 Å². The van der Waals surface area contributed by atoms with Crippen molar-refractivity contribution >= 4 is 29.5 Å². The smallest absolute Gasteiger partial charge is 0.244 e. The van der Waals surface area contributed by atoms with E-state index in [1.54, 1.807) is 16.7 Å². The Balaban J connectivity index is 1.77. The minimum atomic E-state index is -0.729. The van der Waals surface area contributed by atoms with Crippen molar-refractivity contribution in [1.82, 2.24) is 15.5 Å². The zero-order valence-corrected chi connectivity index (χ0v) is 21.1. The van der Waals surface area contributed by atoms with Gasteiger partial charge in [-0.15, -0.1) is 11.8 Å². The Hall–Kier alpha value is -2.06. The van der Waals surface area contributed by atoms with E-state index in [-0.39, 0.29) is 35.5 Å². The Morgan fingerprint density at radius 3 is 2.50 bits per heavy atom. The van der Waals surface area contributed by atoms with Gasteiger partial charge in [0.1, 0.15) is 6.04 Å². The van der Waals surface area contributed by atoms with Crippen LogP contribution in [0.1, 0.15) is 58.1 Å². The van der Waals surface area contributed by atoms with E-state index in [4.69, 9.17) is 0 Å². The normalized spacial score (nSPS) is 32.5. The summed E-state index contributed by atoms with van der Waals surface area (Å²) in [4.78, 5) is 42.8. The van der Waals surface area contributed by atoms with Crippen molar-refractivity contribution in [3.63, 3.8) is 0 Å². The van der Waals surface area contributed by atoms with Crippen LogP contribution in [0, 0.1) is 17.8 Å². The average molecular weight is 488 g/mol. The molecule has 0 aromatic heterocycles. The highest BCUT2D eigenvalue weighted by Crippen LogP contribution is 2.69. The molecular weight excluding hydrogens is 450 g/mol. The maximum atomic E-state index is 14.2. The van der Waals surface area contributed by atoms with Crippen LogP contribution in [0.15, 0.2) is 30.3 Å². The fraction of sp³-hybridized carbons (Fsp3) is 0.654. The Morgan fingerprint density at radius 1 is 1.15 bits per heavy atom. The highest BCUT2D eigenvalue weighted by molar-refractivity contribution is 8.02. The number of benzene rings is 1. The first kappa shape index (κ1) is 25.0. The highest BCUT2D eigenvalue weighted by Gasteiger charge is 2.76. The molecule has 8 heteroatoms. The van der Waals surface area contributed by atoms with E-state index in [0.717, 1.165) is 31.2 Å². The molecule has 0 radical (unpaired) electrons. The zero-order chi connectivity index (χ0) is 24.5. The molecule has 3 saturated heterocycles. The number of aliphatic hydroxyl groups is 1. The van der Waals surface area contributed by atoms with Gasteiger partial charge in [0.25, 0.3) is 0 Å². The van der Waals surface area contributed by atoms with Crippen molar-refractivity contribution in [1.29, 1.82) is 0 Å². The van der Waals surface area contributed by atoms with Gasteiger partial charge in [0.2, 0.25) is 17.7 Å². The quantitative estimate of drug-likeness (QED) is 0.441. The van der Waals surface area contributed by atoms with E-state index in [1.807, 2.05) is 37.3 Å². The Morgan fingerprint density at radius 2 is 1.85 bits per heavy atom. The van der Waals surface area contributed by atoms with Gasteiger partial charge in [0.15, 0.2) is 0 Å². The van der Waals surface area contributed by atoms with Crippen molar-refractivity contribution in [2.24, 2.45) is 17.8 Å². The van der Waals surface area contributed by atoms with Crippen molar-refractivity contribution in [2.45, 2.75) is 68.5 Å². The summed E-state index contributed by atoms with van der Waals surface area (Å²) < 4.78 is -0.672. The maximum Gasteiger partial charge on any atom is 0.244 e. The van der Waals surface area contributed by atoms with E-state index in [0.29, 0.717) is 13.1 Å². The number of likely N-dealkylation sites (tertiary alicyclic amines) is 1. The van der Waals surface area contributed by atoms with Gasteiger partial charge in [-0.3, -0.25) is 14.4 Å². The number of rotatable bonds is 10. The van der Waals surface area contributed by atoms with Gasteiger partial charge in [0.05, 0.1) is 29.2 Å². The van der Waals surface area contributed by atoms with Crippen LogP contribution < -0.4 is 10.6 Å². The maximum absolute atomic E-state index is 14.2. The van der Waals surface area contributed by atoms with Gasteiger partial charge in [0, 0.05) is 18.3 Å². The summed E-state index contributed by atoms with van der Waals surface area (Å²) in [6, 6.07) is 8.03. The summed E-state index contributed by atoms with van der Waals surface area (Å²) in [6.07, 6.45) is 3.45. The summed E-state index contributed by atoms with van der Waals surface area (Å²) in [5.74, 6) is -1.36. The van der Waals surface area contributed by atoms with Crippen molar-refractivity contribution in [2.75, 3.05) is 19.7 Å². The summed E-state index contributed by atoms with van der Waals surface area (Å²) >= 11 is 1.67. The first-order valence-corrected chi connectivity index (χ1v) is 13.5. The van der Waals surface area contributed by atoms with E-state index in [2.05, 4.69) is 24.5 Å². The van der Waals surface area contributed by atoms with Crippen molar-refractivity contribution < 1.29 is 19.5 Å². The lowest BCUT2D eigenvalue weighted by Gasteiger charge is -2.40. The molecule has 186 valence electrons. The van der Waals surface area contributed by atoms with Crippen LogP contribution in [0.5, 0.6) is 0 Å². The molecule has 3 heterocycles. The second kappa shape index (κ2) is 10.3. The third kappa shape index (κ3) is 3.92. The summed E-state index contributed by atoms with van der Waals surface area (Å²) in [5.41, 5.74) is 0.792. The molecule has 3 aliphatic rings. The van der Waals surface area contributed by atoms with Crippen LogP contribution >= 0.6 is 11.8 Å². The topological polar surface area (TPSA) is 98.7 Å². The number of nitrogens with zero attached hydrogens (tertiary/aromatic N) is 1. The number of unbranched alkanes of at least 4 members (excludes halogenated alkanes) is 1. The molecule has 3 fully saturated rings. The molecule has 1 aromatic rings. The molecule has 7 nitrogen and oxygen atoms in total. The van der Waals surface area contributed by atoms with E-state index >= 15 is 0 Å². The number of hydrogen-bond acceptors (Lipinski definition) is 5. The molecule has 34 heavy (non-hydrogen) atoms. The molecule has 3 aliphatic heterocycles. The summed E-state index contributed by atoms with van der Waals surface area (Å²) in [7, 11) is 0. The van der Waals surface area contributed by atoms with Crippen LogP contribution in [0.3, 0.4) is 0 Å². The van der Waals surface area contributed by atoms with Gasteiger partial charge in [-0.2, -0.15) is 0 Å². The van der Waals surface area contributed by atoms with Gasteiger partial charge >= 0.3 is 0 Å². The molecule has 1 aromatic carbocycles. The standard InChI is InChI=1S/C26H37N3O4S/c1-4-6-13-28-24(32)22-26-16(3)14-19(34-26)20(23(31)27-12-5-2)21(26)25(33)29(22)18(15-30)17-10-8-7-9-11-17/h7-11,16,18-22,30H,4-6,12-15H2,1-3H3,(H,27,31)(H,28,32)/t16?,18-,19-,20+,21+,22?,26?/m1/s1. The predicted molar refractivity (Wildman–Crippen MR) is 133 cm³/mol. The van der Waals surface area contributed by atoms with E-state index in [1.165, 1.54) is 0 Å². The lowest BCUT2D eigenvalue weighted by molar-refractivity contribution is -0.143. The molecule has 3 unspecified atom stereocenters. The SMILES string of the molecule is CCCCNC(=O)C1N([C@H](CO)c2ccccc2)C(=O)[C@@H]2[C@@H](C(=O)NCCC)[C@H]3CC(C)C12S3. The van der Waals surface area contributed by atoms with E-state index < -0.39 is 28.7 Å². The molecule has 1 spiro atoms. The van der Waals surface area contributed by atoms with Gasteiger partial charge in [-0.05, 0) is 30.7 Å². The molecule has 0 aliphatic carbocycles. The molecule has 7 atom stereocenters. The lowest BCUT2D eigenvalue weighted by Crippen LogP contribution is -2.57. The number of nitrogens with one attached hydrogen (secondary N) is 2. The Bertz CT molecular complexity index is 913. The van der Waals surface area contributed by atoms with Crippen LogP contribution in [0.2, 0.25) is 0 Å². The van der Waals surface area contributed by atoms with Gasteiger partial charge in [-0.25, -0.2) is 0 Å². The van der Waals surface area contributed by atoms with Crippen LogP contribution in [-0.4, -0.2) is 63.5 Å². The molecule has 4 rings (SSSR count). The zero-order valence-electron chi connectivity index (χ0n) is 20.3. The Kier molecular flexibility index (Phi) is 7.57. The fourth-order valence-electron chi connectivity index (χ4n) is 6.28. The first-order chi connectivity index (χ1) is 16.4. The second-order valence-corrected chi connectivity index (χ2v) is 11.4. The summed E-state index contributed by atoms with van der Waals surface area (Å²) in [6.45, 7) is 7.02. The monoisotopic (exact) mass is 487 g/mol. The van der Waals surface area contributed by atoms with Crippen LogP contribution in [-0.2, 0) is 14.4 Å². The number of aliphatic hydroxyl groups excluding tert-OH is 1. The van der Waals surface area contributed by atoms with Crippen LogP contribution in [0.25, 0.3) is 0 Å². The molecule has 3 N–H and O–H groups in total. The van der Waals surface area contributed by atoms with Crippen molar-refractivity contribution in [3.05, 3.63) is 35.9 Å². The van der Waals surface area contributed by atoms with Gasteiger partial charge in [-0.1, -0.05) is 57.5 Å². The number of amides is 3. The van der Waals surface area contributed by atoms with Gasteiger partial charge < -0.3 is 20.6 Å². The molecule has 2 bridgehead atoms. The molecule has 3 amide bonds. The fourth-order valence-corrected chi connectivity index (χ4v) is 8.68. The molecule has 0 saturated carbocycles. The minimum absolute atomic E-state index is 0.0261. The van der Waals surface area contributed by atoms with E-state index in [9.17, 15) is 19.5 Å². The summed E-state index contributed by atoms with van der Waals surface area (Å²) in [5, 5.41) is 16.5. The largest absolute Gasteiger partial charge is 0.394 e. The lowest BCUT2D eigenvalue weighted by atomic mass is 9.66. The number of fused-ring (bicyclic) bond motifs is 1. The minimum Gasteiger partial charge on any atom is -0.394 e. The second-order valence-electron chi connectivity index (χ2n) is 9.84. The predicted octanol–water partition coefficient (Wildman–Crippen LogP) is 2.50. The molecular formula is C26H37N3O4S. The number of carbonyl (C=O) groups is 3. The third-order valence-corrected chi connectivity index (χ3v) is 9.88. The first-order valence-electron chi connectivity index (χ1n) is 12.6. The highest BCUT2D eigenvalue weighted by atomic mass is 32.2.